The van der Waals surface area contributed by atoms with Gasteiger partial charge in [-0.15, -0.1) is 0 Å². The Morgan fingerprint density at radius 2 is 1.93 bits per heavy atom. The lowest BCUT2D eigenvalue weighted by Gasteiger charge is -2.26. The van der Waals surface area contributed by atoms with E-state index in [1.54, 1.807) is 18.2 Å². The number of hydrogen-bond donors (Lipinski definition) is 2. The van der Waals surface area contributed by atoms with E-state index in [-0.39, 0.29) is 36.3 Å². The fraction of sp³-hybridized carbons (Fsp3) is 0.238. The maximum atomic E-state index is 12.5. The van der Waals surface area contributed by atoms with Crippen LogP contribution in [0, 0.1) is 0 Å². The molecule has 1 atom stereocenters. The highest BCUT2D eigenvalue weighted by Crippen LogP contribution is 2.29. The van der Waals surface area contributed by atoms with E-state index in [4.69, 9.17) is 0 Å². The zero-order valence-corrected chi connectivity index (χ0v) is 15.2. The number of aryl methyl sites for hydroxylation is 1. The third-order valence-electron chi connectivity index (χ3n) is 4.87. The molecular formula is C21H20N4O3. The van der Waals surface area contributed by atoms with E-state index in [1.807, 2.05) is 30.3 Å². The molecule has 0 saturated heterocycles. The molecule has 0 radical (unpaired) electrons. The summed E-state index contributed by atoms with van der Waals surface area (Å²) in [7, 11) is 0. The van der Waals surface area contributed by atoms with E-state index < -0.39 is 0 Å². The van der Waals surface area contributed by atoms with Crippen LogP contribution in [-0.2, 0) is 16.1 Å². The van der Waals surface area contributed by atoms with Crippen LogP contribution in [0.5, 0.6) is 0 Å². The molecular weight excluding hydrogens is 356 g/mol. The number of hydrogen-bond acceptors (Lipinski definition) is 4. The van der Waals surface area contributed by atoms with Crippen LogP contribution in [0.2, 0.25) is 0 Å². The van der Waals surface area contributed by atoms with Crippen molar-refractivity contribution in [3.8, 4) is 0 Å². The zero-order valence-electron chi connectivity index (χ0n) is 15.2. The van der Waals surface area contributed by atoms with Crippen LogP contribution in [0.1, 0.15) is 30.9 Å². The molecule has 2 heterocycles. The molecule has 0 saturated carbocycles. The molecule has 1 aliphatic rings. The van der Waals surface area contributed by atoms with E-state index in [2.05, 4.69) is 15.6 Å². The van der Waals surface area contributed by atoms with Crippen molar-refractivity contribution in [3.63, 3.8) is 0 Å². The Morgan fingerprint density at radius 1 is 1.14 bits per heavy atom. The lowest BCUT2D eigenvalue weighted by atomic mass is 9.97. The number of amides is 2. The summed E-state index contributed by atoms with van der Waals surface area (Å²) in [4.78, 5) is 41.0. The molecule has 0 spiro atoms. The first-order chi connectivity index (χ1) is 13.6. The average Bonchev–Trinajstić information content (AvgIpc) is 2.70. The topological polar surface area (TPSA) is 93.1 Å². The van der Waals surface area contributed by atoms with Gasteiger partial charge in [0.05, 0.1) is 29.7 Å². The number of benzene rings is 2. The van der Waals surface area contributed by atoms with Crippen molar-refractivity contribution in [2.24, 2.45) is 0 Å². The first kappa shape index (κ1) is 17.9. The number of carbonyl (C=O) groups excluding carboxylic acids is 2. The van der Waals surface area contributed by atoms with Gasteiger partial charge in [-0.1, -0.05) is 30.3 Å². The lowest BCUT2D eigenvalue weighted by Crippen LogP contribution is -2.35. The first-order valence-corrected chi connectivity index (χ1v) is 9.24. The number of fused-ring (bicyclic) bond motifs is 2. The zero-order chi connectivity index (χ0) is 19.5. The van der Waals surface area contributed by atoms with Gasteiger partial charge in [-0.05, 0) is 30.2 Å². The Bertz CT molecular complexity index is 1110. The quantitative estimate of drug-likeness (QED) is 0.715. The van der Waals surface area contributed by atoms with E-state index in [1.165, 1.54) is 10.9 Å². The molecule has 1 aliphatic heterocycles. The Kier molecular flexibility index (Phi) is 4.89. The molecule has 0 bridgehead atoms. The summed E-state index contributed by atoms with van der Waals surface area (Å²) in [6.45, 7) is 0.409. The lowest BCUT2D eigenvalue weighted by molar-refractivity contribution is -0.122. The number of anilines is 1. The molecule has 2 aromatic carbocycles. The van der Waals surface area contributed by atoms with Crippen molar-refractivity contribution in [3.05, 3.63) is 70.8 Å². The molecule has 0 aliphatic carbocycles. The molecule has 4 rings (SSSR count). The number of nitrogens with zero attached hydrogens (tertiary/aromatic N) is 2. The van der Waals surface area contributed by atoms with Gasteiger partial charge in [-0.3, -0.25) is 19.0 Å². The summed E-state index contributed by atoms with van der Waals surface area (Å²) in [6, 6.07) is 14.3. The van der Waals surface area contributed by atoms with Gasteiger partial charge in [0, 0.05) is 18.7 Å². The largest absolute Gasteiger partial charge is 0.349 e. The Hall–Kier alpha value is -3.48. The first-order valence-electron chi connectivity index (χ1n) is 9.24. The van der Waals surface area contributed by atoms with Crippen molar-refractivity contribution in [2.45, 2.75) is 31.8 Å². The SMILES string of the molecule is O=C1C[C@@H](NC(=O)CCCn2cnc3ccccc3c2=O)c2ccccc2N1. The molecule has 2 N–H and O–H groups in total. The smallest absolute Gasteiger partial charge is 0.261 e. The van der Waals surface area contributed by atoms with Crippen LogP contribution in [0.15, 0.2) is 59.7 Å². The average molecular weight is 376 g/mol. The van der Waals surface area contributed by atoms with Crippen LogP contribution in [0.4, 0.5) is 5.69 Å². The number of aromatic nitrogens is 2. The summed E-state index contributed by atoms with van der Waals surface area (Å²) in [5, 5.41) is 6.32. The predicted octanol–water partition coefficient (Wildman–Crippen LogP) is 2.38. The maximum absolute atomic E-state index is 12.5. The molecule has 0 unspecified atom stereocenters. The number of nitrogens with one attached hydrogen (secondary N) is 2. The summed E-state index contributed by atoms with van der Waals surface area (Å²) >= 11 is 0. The second-order valence-electron chi connectivity index (χ2n) is 6.82. The fourth-order valence-electron chi connectivity index (χ4n) is 3.48. The van der Waals surface area contributed by atoms with Gasteiger partial charge in [-0.2, -0.15) is 0 Å². The standard InChI is InChI=1S/C21H20N4O3/c26-19(24-18-12-20(27)23-17-9-4-1-6-14(17)18)10-5-11-25-13-22-16-8-3-2-7-15(16)21(25)28/h1-4,6-9,13,18H,5,10-12H2,(H,23,27)(H,24,26)/t18-/m1/s1. The van der Waals surface area contributed by atoms with Gasteiger partial charge in [-0.25, -0.2) is 4.98 Å². The van der Waals surface area contributed by atoms with Gasteiger partial charge in [0.2, 0.25) is 11.8 Å². The molecule has 0 fully saturated rings. The van der Waals surface area contributed by atoms with Gasteiger partial charge >= 0.3 is 0 Å². The fourth-order valence-corrected chi connectivity index (χ4v) is 3.48. The maximum Gasteiger partial charge on any atom is 0.261 e. The molecule has 2 amide bonds. The van der Waals surface area contributed by atoms with Crippen LogP contribution >= 0.6 is 0 Å². The van der Waals surface area contributed by atoms with Crippen molar-refractivity contribution >= 4 is 28.4 Å². The summed E-state index contributed by atoms with van der Waals surface area (Å²) in [5.41, 5.74) is 2.20. The van der Waals surface area contributed by atoms with Crippen LogP contribution in [0.25, 0.3) is 10.9 Å². The molecule has 1 aromatic heterocycles. The van der Waals surface area contributed by atoms with Crippen LogP contribution in [0.3, 0.4) is 0 Å². The molecule has 7 nitrogen and oxygen atoms in total. The van der Waals surface area contributed by atoms with Crippen molar-refractivity contribution in [2.75, 3.05) is 5.32 Å². The molecule has 3 aromatic rings. The highest BCUT2D eigenvalue weighted by Gasteiger charge is 2.25. The third kappa shape index (κ3) is 3.64. The minimum atomic E-state index is -0.331. The van der Waals surface area contributed by atoms with E-state index in [0.29, 0.717) is 23.9 Å². The molecule has 28 heavy (non-hydrogen) atoms. The van der Waals surface area contributed by atoms with Crippen LogP contribution < -0.4 is 16.2 Å². The van der Waals surface area contributed by atoms with Crippen molar-refractivity contribution < 1.29 is 9.59 Å². The van der Waals surface area contributed by atoms with Gasteiger partial charge in [0.25, 0.3) is 5.56 Å². The third-order valence-corrected chi connectivity index (χ3v) is 4.87. The Balaban J connectivity index is 1.38. The summed E-state index contributed by atoms with van der Waals surface area (Å²) in [5.74, 6) is -0.255. The van der Waals surface area contributed by atoms with Gasteiger partial charge < -0.3 is 10.6 Å². The van der Waals surface area contributed by atoms with Gasteiger partial charge in [0.1, 0.15) is 0 Å². The Labute approximate surface area is 161 Å². The minimum Gasteiger partial charge on any atom is -0.349 e. The van der Waals surface area contributed by atoms with E-state index >= 15 is 0 Å². The number of rotatable bonds is 5. The highest BCUT2D eigenvalue weighted by molar-refractivity contribution is 5.95. The van der Waals surface area contributed by atoms with E-state index in [0.717, 1.165) is 11.3 Å². The Morgan fingerprint density at radius 3 is 2.82 bits per heavy atom. The minimum absolute atomic E-state index is 0.108. The van der Waals surface area contributed by atoms with E-state index in [9.17, 15) is 14.4 Å². The van der Waals surface area contributed by atoms with Crippen LogP contribution in [-0.4, -0.2) is 21.4 Å². The van der Waals surface area contributed by atoms with Crippen molar-refractivity contribution in [1.29, 1.82) is 0 Å². The normalized spacial score (nSPS) is 15.7. The number of para-hydroxylation sites is 2. The monoisotopic (exact) mass is 376 g/mol. The molecule has 142 valence electrons. The van der Waals surface area contributed by atoms with Crippen molar-refractivity contribution in [1.82, 2.24) is 14.9 Å². The highest BCUT2D eigenvalue weighted by atomic mass is 16.2. The predicted molar refractivity (Wildman–Crippen MR) is 106 cm³/mol. The molecule has 7 heteroatoms. The second-order valence-corrected chi connectivity index (χ2v) is 6.82. The summed E-state index contributed by atoms with van der Waals surface area (Å²) < 4.78 is 1.53. The number of carbonyl (C=O) groups is 2. The summed E-state index contributed by atoms with van der Waals surface area (Å²) in [6.07, 6.45) is 2.51. The van der Waals surface area contributed by atoms with Gasteiger partial charge in [0.15, 0.2) is 0 Å². The second kappa shape index (κ2) is 7.64.